The number of rotatable bonds is 6. The van der Waals surface area contributed by atoms with Gasteiger partial charge in [-0.25, -0.2) is 0 Å². The molecule has 0 saturated heterocycles. The standard InChI is InChI=1S/C19H15Cl2N3O4/c20-12-8-13(21)15(23-18(27)11-4-2-1-3-5-11)9-14(12)22-16-10-17(26)24(6-7-25)19(16)28/h1-5,8-10,22,25H,6-7H2,(H,23,27). The van der Waals surface area contributed by atoms with Crippen LogP contribution >= 0.6 is 23.2 Å². The van der Waals surface area contributed by atoms with Gasteiger partial charge in [0.05, 0.1) is 34.6 Å². The first-order chi connectivity index (χ1) is 13.4. The van der Waals surface area contributed by atoms with Gasteiger partial charge in [-0.15, -0.1) is 0 Å². The highest BCUT2D eigenvalue weighted by atomic mass is 35.5. The third-order valence-corrected chi connectivity index (χ3v) is 4.57. The summed E-state index contributed by atoms with van der Waals surface area (Å²) in [5, 5.41) is 14.8. The van der Waals surface area contributed by atoms with Crippen molar-refractivity contribution in [3.05, 3.63) is 69.8 Å². The van der Waals surface area contributed by atoms with Gasteiger partial charge in [-0.3, -0.25) is 19.3 Å². The lowest BCUT2D eigenvalue weighted by Crippen LogP contribution is -2.34. The first kappa shape index (κ1) is 19.9. The van der Waals surface area contributed by atoms with Gasteiger partial charge in [-0.1, -0.05) is 41.4 Å². The van der Waals surface area contributed by atoms with E-state index in [1.807, 2.05) is 0 Å². The van der Waals surface area contributed by atoms with Gasteiger partial charge in [0.15, 0.2) is 0 Å². The van der Waals surface area contributed by atoms with E-state index in [2.05, 4.69) is 10.6 Å². The number of hydrogen-bond acceptors (Lipinski definition) is 5. The molecule has 0 fully saturated rings. The van der Waals surface area contributed by atoms with E-state index in [0.717, 1.165) is 11.0 Å². The van der Waals surface area contributed by atoms with E-state index in [-0.39, 0.29) is 46.2 Å². The summed E-state index contributed by atoms with van der Waals surface area (Å²) >= 11 is 12.3. The molecule has 0 atom stereocenters. The first-order valence-corrected chi connectivity index (χ1v) is 8.97. The van der Waals surface area contributed by atoms with Crippen LogP contribution in [0, 0.1) is 0 Å². The maximum Gasteiger partial charge on any atom is 0.277 e. The number of carbonyl (C=O) groups is 3. The van der Waals surface area contributed by atoms with Gasteiger partial charge in [0, 0.05) is 11.6 Å². The number of aliphatic hydroxyl groups is 1. The zero-order valence-corrected chi connectivity index (χ0v) is 15.9. The molecule has 3 rings (SSSR count). The summed E-state index contributed by atoms with van der Waals surface area (Å²) in [6.45, 7) is -0.442. The molecule has 3 amide bonds. The summed E-state index contributed by atoms with van der Waals surface area (Å²) in [6.07, 6.45) is 1.12. The number of amides is 3. The lowest BCUT2D eigenvalue weighted by molar-refractivity contribution is -0.137. The highest BCUT2D eigenvalue weighted by Crippen LogP contribution is 2.34. The number of nitrogens with one attached hydrogen (secondary N) is 2. The molecule has 0 aromatic heterocycles. The molecular formula is C19H15Cl2N3O4. The number of anilines is 2. The minimum atomic E-state index is -0.583. The quantitative estimate of drug-likeness (QED) is 0.625. The van der Waals surface area contributed by atoms with Gasteiger partial charge in [-0.05, 0) is 24.3 Å². The lowest BCUT2D eigenvalue weighted by Gasteiger charge is -2.15. The van der Waals surface area contributed by atoms with Crippen molar-refractivity contribution in [2.45, 2.75) is 0 Å². The van der Waals surface area contributed by atoms with E-state index in [1.165, 1.54) is 12.1 Å². The minimum Gasteiger partial charge on any atom is -0.395 e. The minimum absolute atomic E-state index is 0.00279. The summed E-state index contributed by atoms with van der Waals surface area (Å²) in [7, 11) is 0. The Hall–Kier alpha value is -2.87. The van der Waals surface area contributed by atoms with Crippen LogP contribution in [0.25, 0.3) is 0 Å². The molecule has 2 aromatic rings. The van der Waals surface area contributed by atoms with Crippen LogP contribution in [-0.2, 0) is 9.59 Å². The van der Waals surface area contributed by atoms with Crippen molar-refractivity contribution in [1.29, 1.82) is 0 Å². The van der Waals surface area contributed by atoms with Crippen molar-refractivity contribution in [3.8, 4) is 0 Å². The van der Waals surface area contributed by atoms with Crippen LogP contribution in [0.2, 0.25) is 10.0 Å². The normalized spacial score (nSPS) is 13.5. The second-order valence-corrected chi connectivity index (χ2v) is 6.65. The molecule has 0 bridgehead atoms. The average molecular weight is 420 g/mol. The van der Waals surface area contributed by atoms with Gasteiger partial charge in [0.1, 0.15) is 5.70 Å². The van der Waals surface area contributed by atoms with Crippen LogP contribution in [0.3, 0.4) is 0 Å². The second-order valence-electron chi connectivity index (χ2n) is 5.83. The number of aliphatic hydroxyl groups excluding tert-OH is 1. The molecule has 9 heteroatoms. The predicted molar refractivity (Wildman–Crippen MR) is 106 cm³/mol. The third-order valence-electron chi connectivity index (χ3n) is 3.94. The van der Waals surface area contributed by atoms with E-state index >= 15 is 0 Å². The van der Waals surface area contributed by atoms with Crippen LogP contribution in [0.4, 0.5) is 11.4 Å². The molecule has 144 valence electrons. The maximum atomic E-state index is 12.4. The number of benzene rings is 2. The largest absolute Gasteiger partial charge is 0.395 e. The van der Waals surface area contributed by atoms with E-state index < -0.39 is 11.8 Å². The maximum absolute atomic E-state index is 12.4. The topological polar surface area (TPSA) is 98.7 Å². The molecule has 1 aliphatic rings. The van der Waals surface area contributed by atoms with Gasteiger partial charge in [-0.2, -0.15) is 0 Å². The Labute approximate surface area is 170 Å². The fourth-order valence-corrected chi connectivity index (χ4v) is 3.06. The average Bonchev–Trinajstić information content (AvgIpc) is 2.94. The SMILES string of the molecule is O=C(Nc1cc(NC2=CC(=O)N(CCO)C2=O)c(Cl)cc1Cl)c1ccccc1. The summed E-state index contributed by atoms with van der Waals surface area (Å²) in [5.41, 5.74) is 1.02. The highest BCUT2D eigenvalue weighted by molar-refractivity contribution is 6.38. The monoisotopic (exact) mass is 419 g/mol. The third kappa shape index (κ3) is 4.17. The summed E-state index contributed by atoms with van der Waals surface area (Å²) in [5.74, 6) is -1.49. The Morgan fingerprint density at radius 2 is 1.71 bits per heavy atom. The van der Waals surface area contributed by atoms with Crippen molar-refractivity contribution in [2.75, 3.05) is 23.8 Å². The molecule has 0 radical (unpaired) electrons. The van der Waals surface area contributed by atoms with Crippen molar-refractivity contribution >= 4 is 52.3 Å². The van der Waals surface area contributed by atoms with Crippen molar-refractivity contribution in [2.24, 2.45) is 0 Å². The van der Waals surface area contributed by atoms with Crippen LogP contribution in [-0.4, -0.2) is 40.9 Å². The molecule has 2 aromatic carbocycles. The number of carbonyl (C=O) groups excluding carboxylic acids is 3. The molecule has 1 heterocycles. The number of nitrogens with zero attached hydrogens (tertiary/aromatic N) is 1. The Balaban J connectivity index is 1.82. The van der Waals surface area contributed by atoms with E-state index in [0.29, 0.717) is 5.56 Å². The van der Waals surface area contributed by atoms with Gasteiger partial charge in [0.2, 0.25) is 0 Å². The Kier molecular flexibility index (Phi) is 5.99. The summed E-state index contributed by atoms with van der Waals surface area (Å²) < 4.78 is 0. The Morgan fingerprint density at radius 1 is 1.04 bits per heavy atom. The molecule has 0 saturated carbocycles. The Morgan fingerprint density at radius 3 is 2.39 bits per heavy atom. The molecule has 0 unspecified atom stereocenters. The summed E-state index contributed by atoms with van der Waals surface area (Å²) in [6, 6.07) is 11.5. The molecule has 3 N–H and O–H groups in total. The second kappa shape index (κ2) is 8.43. The smallest absolute Gasteiger partial charge is 0.277 e. The number of hydrogen-bond donors (Lipinski definition) is 3. The van der Waals surface area contributed by atoms with Crippen LogP contribution in [0.5, 0.6) is 0 Å². The van der Waals surface area contributed by atoms with Crippen molar-refractivity contribution in [1.82, 2.24) is 4.90 Å². The Bertz CT molecular complexity index is 977. The predicted octanol–water partition coefficient (Wildman–Crippen LogP) is 2.90. The van der Waals surface area contributed by atoms with E-state index in [4.69, 9.17) is 28.3 Å². The molecule has 0 aliphatic carbocycles. The molecular weight excluding hydrogens is 405 g/mol. The van der Waals surface area contributed by atoms with Crippen molar-refractivity contribution in [3.63, 3.8) is 0 Å². The van der Waals surface area contributed by atoms with Gasteiger partial charge in [0.25, 0.3) is 17.7 Å². The van der Waals surface area contributed by atoms with Crippen molar-refractivity contribution < 1.29 is 19.5 Å². The fourth-order valence-electron chi connectivity index (χ4n) is 2.58. The molecule has 7 nitrogen and oxygen atoms in total. The zero-order chi connectivity index (χ0) is 20.3. The van der Waals surface area contributed by atoms with E-state index in [9.17, 15) is 14.4 Å². The first-order valence-electron chi connectivity index (χ1n) is 8.21. The molecule has 28 heavy (non-hydrogen) atoms. The van der Waals surface area contributed by atoms with Gasteiger partial charge < -0.3 is 15.7 Å². The van der Waals surface area contributed by atoms with Crippen LogP contribution in [0.15, 0.2) is 54.2 Å². The molecule has 0 spiro atoms. The molecule has 1 aliphatic heterocycles. The highest BCUT2D eigenvalue weighted by Gasteiger charge is 2.31. The van der Waals surface area contributed by atoms with Crippen LogP contribution < -0.4 is 10.6 Å². The number of β-amino-alcohol motifs (C(OH)–C–C–N with tert-alkyl or cyclic N) is 1. The number of imide groups is 1. The number of halogens is 2. The van der Waals surface area contributed by atoms with E-state index in [1.54, 1.807) is 30.3 Å². The van der Waals surface area contributed by atoms with Gasteiger partial charge >= 0.3 is 0 Å². The lowest BCUT2D eigenvalue weighted by atomic mass is 10.2. The zero-order valence-electron chi connectivity index (χ0n) is 14.4. The summed E-state index contributed by atoms with van der Waals surface area (Å²) in [4.78, 5) is 37.4. The fraction of sp³-hybridized carbons (Fsp3) is 0.105. The van der Waals surface area contributed by atoms with Crippen LogP contribution in [0.1, 0.15) is 10.4 Å².